The summed E-state index contributed by atoms with van der Waals surface area (Å²) in [5, 5.41) is 0.916. The van der Waals surface area contributed by atoms with Crippen molar-refractivity contribution in [2.75, 3.05) is 14.2 Å². The van der Waals surface area contributed by atoms with Crippen LogP contribution >= 0.6 is 0 Å². The first-order chi connectivity index (χ1) is 7.28. The van der Waals surface area contributed by atoms with Gasteiger partial charge in [-0.2, -0.15) is 0 Å². The molecule has 0 radical (unpaired) electrons. The van der Waals surface area contributed by atoms with E-state index in [1.54, 1.807) is 14.2 Å². The van der Waals surface area contributed by atoms with E-state index in [2.05, 4.69) is 0 Å². The van der Waals surface area contributed by atoms with E-state index >= 15 is 0 Å². The fraction of sp³-hybridized carbons (Fsp3) is 0.273. The van der Waals surface area contributed by atoms with Crippen molar-refractivity contribution in [3.8, 4) is 11.5 Å². The van der Waals surface area contributed by atoms with Gasteiger partial charge in [0.2, 0.25) is 0 Å². The maximum atomic E-state index is 5.52. The van der Waals surface area contributed by atoms with Crippen LogP contribution in [-0.4, -0.2) is 14.2 Å². The molecule has 0 atom stereocenters. The van der Waals surface area contributed by atoms with Crippen LogP contribution in [0.15, 0.2) is 22.6 Å². The number of benzene rings is 1. The van der Waals surface area contributed by atoms with Gasteiger partial charge >= 0.3 is 0 Å². The minimum Gasteiger partial charge on any atom is -0.496 e. The quantitative estimate of drug-likeness (QED) is 0.835. The first-order valence-corrected chi connectivity index (χ1v) is 4.63. The second-order valence-corrected chi connectivity index (χ2v) is 3.16. The van der Waals surface area contributed by atoms with Crippen molar-refractivity contribution in [2.24, 2.45) is 5.73 Å². The van der Waals surface area contributed by atoms with Crippen LogP contribution in [0.4, 0.5) is 0 Å². The van der Waals surface area contributed by atoms with Gasteiger partial charge in [-0.15, -0.1) is 0 Å². The summed E-state index contributed by atoms with van der Waals surface area (Å²) in [6.45, 7) is 0.375. The fourth-order valence-corrected chi connectivity index (χ4v) is 1.52. The van der Waals surface area contributed by atoms with Crippen molar-refractivity contribution < 1.29 is 13.9 Å². The third-order valence-corrected chi connectivity index (χ3v) is 2.28. The van der Waals surface area contributed by atoms with Gasteiger partial charge in [-0.1, -0.05) is 0 Å². The highest BCUT2D eigenvalue weighted by atomic mass is 16.5. The number of nitrogens with two attached hydrogens (primary N) is 1. The molecule has 4 heteroatoms. The molecule has 1 aromatic carbocycles. The van der Waals surface area contributed by atoms with Crippen molar-refractivity contribution in [2.45, 2.75) is 6.54 Å². The number of methoxy groups -OCH3 is 2. The number of rotatable bonds is 3. The molecule has 0 aliphatic heterocycles. The molecule has 1 aromatic heterocycles. The van der Waals surface area contributed by atoms with Crippen molar-refractivity contribution in [1.82, 2.24) is 0 Å². The SMILES string of the molecule is COc1cc(OC)c2cc(CN)oc2c1. The number of furan rings is 1. The maximum absolute atomic E-state index is 5.52. The molecule has 0 amide bonds. The first-order valence-electron chi connectivity index (χ1n) is 4.63. The van der Waals surface area contributed by atoms with Crippen molar-refractivity contribution in [3.63, 3.8) is 0 Å². The molecule has 1 heterocycles. The molecule has 0 unspecified atom stereocenters. The molecule has 0 fully saturated rings. The number of ether oxygens (including phenoxy) is 2. The Hall–Kier alpha value is -1.68. The van der Waals surface area contributed by atoms with Crippen molar-refractivity contribution in [1.29, 1.82) is 0 Å². The van der Waals surface area contributed by atoms with E-state index in [4.69, 9.17) is 19.6 Å². The van der Waals surface area contributed by atoms with Crippen LogP contribution in [0.5, 0.6) is 11.5 Å². The molecule has 0 aliphatic carbocycles. The summed E-state index contributed by atoms with van der Waals surface area (Å²) >= 11 is 0. The van der Waals surface area contributed by atoms with E-state index < -0.39 is 0 Å². The van der Waals surface area contributed by atoms with Gasteiger partial charge in [-0.05, 0) is 6.07 Å². The molecule has 0 saturated heterocycles. The Morgan fingerprint density at radius 2 is 2.00 bits per heavy atom. The molecule has 80 valence electrons. The smallest absolute Gasteiger partial charge is 0.141 e. The summed E-state index contributed by atoms with van der Waals surface area (Å²) in [5.41, 5.74) is 6.24. The van der Waals surface area contributed by atoms with Gasteiger partial charge in [0.1, 0.15) is 22.8 Å². The number of fused-ring (bicyclic) bond motifs is 1. The normalized spacial score (nSPS) is 10.6. The molecule has 0 aliphatic rings. The lowest BCUT2D eigenvalue weighted by atomic mass is 10.2. The lowest BCUT2D eigenvalue weighted by Crippen LogP contribution is -1.92. The summed E-state index contributed by atoms with van der Waals surface area (Å²) in [4.78, 5) is 0. The molecule has 2 rings (SSSR count). The van der Waals surface area contributed by atoms with E-state index in [1.807, 2.05) is 18.2 Å². The second kappa shape index (κ2) is 3.82. The summed E-state index contributed by atoms with van der Waals surface area (Å²) in [6.07, 6.45) is 0. The molecule has 0 spiro atoms. The van der Waals surface area contributed by atoms with Gasteiger partial charge in [-0.3, -0.25) is 0 Å². The van der Waals surface area contributed by atoms with Crippen LogP contribution in [0.1, 0.15) is 5.76 Å². The fourth-order valence-electron chi connectivity index (χ4n) is 1.52. The molecular weight excluding hydrogens is 194 g/mol. The Morgan fingerprint density at radius 1 is 1.20 bits per heavy atom. The molecule has 2 aromatic rings. The number of hydrogen-bond donors (Lipinski definition) is 1. The zero-order valence-electron chi connectivity index (χ0n) is 8.74. The third kappa shape index (κ3) is 1.64. The van der Waals surface area contributed by atoms with Crippen LogP contribution in [0.3, 0.4) is 0 Å². The summed E-state index contributed by atoms with van der Waals surface area (Å²) in [6, 6.07) is 5.52. The maximum Gasteiger partial charge on any atom is 0.141 e. The van der Waals surface area contributed by atoms with E-state index in [-0.39, 0.29) is 0 Å². The van der Waals surface area contributed by atoms with E-state index in [9.17, 15) is 0 Å². The monoisotopic (exact) mass is 207 g/mol. The van der Waals surface area contributed by atoms with Gasteiger partial charge in [0.15, 0.2) is 0 Å². The molecule has 0 bridgehead atoms. The summed E-state index contributed by atoms with van der Waals surface area (Å²) in [5.74, 6) is 2.17. The van der Waals surface area contributed by atoms with Crippen molar-refractivity contribution in [3.05, 3.63) is 24.0 Å². The molecule has 0 saturated carbocycles. The van der Waals surface area contributed by atoms with E-state index in [0.29, 0.717) is 12.3 Å². The summed E-state index contributed by atoms with van der Waals surface area (Å²) in [7, 11) is 3.22. The predicted molar refractivity (Wildman–Crippen MR) is 57.2 cm³/mol. The van der Waals surface area contributed by atoms with Crippen LogP contribution in [0.2, 0.25) is 0 Å². The van der Waals surface area contributed by atoms with E-state index in [0.717, 1.165) is 22.5 Å². The average Bonchev–Trinajstić information content (AvgIpc) is 2.70. The predicted octanol–water partition coefficient (Wildman–Crippen LogP) is 1.91. The summed E-state index contributed by atoms with van der Waals surface area (Å²) < 4.78 is 15.9. The highest BCUT2D eigenvalue weighted by Gasteiger charge is 2.10. The molecular formula is C11H13NO3. The van der Waals surface area contributed by atoms with E-state index in [1.165, 1.54) is 0 Å². The van der Waals surface area contributed by atoms with Gasteiger partial charge in [-0.25, -0.2) is 0 Å². The lowest BCUT2D eigenvalue weighted by molar-refractivity contribution is 0.397. The lowest BCUT2D eigenvalue weighted by Gasteiger charge is -2.04. The molecule has 4 nitrogen and oxygen atoms in total. The van der Waals surface area contributed by atoms with Crippen LogP contribution in [0.25, 0.3) is 11.0 Å². The minimum absolute atomic E-state index is 0.375. The van der Waals surface area contributed by atoms with Gasteiger partial charge in [0.25, 0.3) is 0 Å². The van der Waals surface area contributed by atoms with Gasteiger partial charge in [0, 0.05) is 12.1 Å². The van der Waals surface area contributed by atoms with Crippen LogP contribution in [-0.2, 0) is 6.54 Å². The Labute approximate surface area is 87.6 Å². The Morgan fingerprint density at radius 3 is 2.60 bits per heavy atom. The largest absolute Gasteiger partial charge is 0.496 e. The Bertz CT molecular complexity index is 476. The zero-order valence-corrected chi connectivity index (χ0v) is 8.74. The highest BCUT2D eigenvalue weighted by molar-refractivity contribution is 5.86. The van der Waals surface area contributed by atoms with Gasteiger partial charge in [0.05, 0.1) is 26.2 Å². The molecule has 2 N–H and O–H groups in total. The highest BCUT2D eigenvalue weighted by Crippen LogP contribution is 2.33. The minimum atomic E-state index is 0.375. The third-order valence-electron chi connectivity index (χ3n) is 2.28. The second-order valence-electron chi connectivity index (χ2n) is 3.16. The number of hydrogen-bond acceptors (Lipinski definition) is 4. The first kappa shape index (κ1) is 9.86. The molecule has 15 heavy (non-hydrogen) atoms. The topological polar surface area (TPSA) is 57.6 Å². The Kier molecular flexibility index (Phi) is 2.51. The average molecular weight is 207 g/mol. The van der Waals surface area contributed by atoms with Crippen LogP contribution in [0, 0.1) is 0 Å². The zero-order chi connectivity index (χ0) is 10.8. The van der Waals surface area contributed by atoms with Crippen molar-refractivity contribution >= 4 is 11.0 Å². The standard InChI is InChI=1S/C11H13NO3/c1-13-7-4-10(14-2)9-3-8(6-12)15-11(9)5-7/h3-5H,6,12H2,1-2H3. The Balaban J connectivity index is 2.66. The van der Waals surface area contributed by atoms with Crippen LogP contribution < -0.4 is 15.2 Å². The van der Waals surface area contributed by atoms with Gasteiger partial charge < -0.3 is 19.6 Å².